The van der Waals surface area contributed by atoms with Crippen molar-refractivity contribution < 1.29 is 24.2 Å². The van der Waals surface area contributed by atoms with Gasteiger partial charge in [0.2, 0.25) is 5.91 Å². The maximum Gasteiger partial charge on any atom is 0.311 e. The standard InChI is InChI=1S/C30H37ClN2O5S/c1-4-19(2)22(18-34)33-25-27(36)32(21-13-8-7-12-20(21)31)16-11-15-30(25)23(26(33)35)24-28(37)38-17-10-6-5-9-14-29(24,3)39-30/h7-9,11-15,19,22-25,34H,4-6,10,16-18H2,1-3H3/b14-9-/t19-,22-,23-,24+,25?,29-,30-/m0/s1. The molecule has 1 unspecified atom stereocenters. The Morgan fingerprint density at radius 2 is 1.90 bits per heavy atom. The highest BCUT2D eigenvalue weighted by Gasteiger charge is 2.74. The molecule has 0 aromatic heterocycles. The SMILES string of the molecule is CC[C@H](C)[C@H](CO)N1C(=O)[C@@H]2[C@@H]3C(=O)OCCCC/C=C\[C@]3(C)S[C@@]23C=CCN(c2ccccc2Cl)C(=O)C13. The zero-order chi connectivity index (χ0) is 27.9. The number of aliphatic hydroxyl groups excluding tert-OH is 1. The zero-order valence-electron chi connectivity index (χ0n) is 22.7. The zero-order valence-corrected chi connectivity index (χ0v) is 24.3. The van der Waals surface area contributed by atoms with Crippen LogP contribution in [0.3, 0.4) is 0 Å². The number of carbonyl (C=O) groups excluding carboxylic acids is 3. The molecule has 2 saturated heterocycles. The number of para-hydroxylation sites is 1. The van der Waals surface area contributed by atoms with E-state index >= 15 is 0 Å². The molecule has 5 rings (SSSR count). The Morgan fingerprint density at radius 3 is 2.62 bits per heavy atom. The number of amides is 2. The van der Waals surface area contributed by atoms with E-state index in [0.717, 1.165) is 25.7 Å². The summed E-state index contributed by atoms with van der Waals surface area (Å²) in [7, 11) is 0. The van der Waals surface area contributed by atoms with Gasteiger partial charge in [0.15, 0.2) is 0 Å². The van der Waals surface area contributed by atoms with Crippen LogP contribution in [0.5, 0.6) is 0 Å². The Morgan fingerprint density at radius 1 is 1.13 bits per heavy atom. The number of hydrogen-bond donors (Lipinski definition) is 1. The van der Waals surface area contributed by atoms with Gasteiger partial charge < -0.3 is 19.6 Å². The highest BCUT2D eigenvalue weighted by Crippen LogP contribution is 2.65. The third kappa shape index (κ3) is 4.52. The van der Waals surface area contributed by atoms with Crippen molar-refractivity contribution in [1.82, 2.24) is 4.90 Å². The van der Waals surface area contributed by atoms with Crippen molar-refractivity contribution in [2.45, 2.75) is 68.0 Å². The molecule has 0 bridgehead atoms. The molecule has 2 amide bonds. The molecule has 7 atom stereocenters. The number of likely N-dealkylation sites (tertiary alicyclic amines) is 1. The van der Waals surface area contributed by atoms with Crippen molar-refractivity contribution >= 4 is 46.8 Å². The average molecular weight is 573 g/mol. The van der Waals surface area contributed by atoms with E-state index in [4.69, 9.17) is 16.3 Å². The lowest BCUT2D eigenvalue weighted by Gasteiger charge is -2.41. The van der Waals surface area contributed by atoms with E-state index in [0.29, 0.717) is 17.3 Å². The molecule has 0 aliphatic carbocycles. The lowest BCUT2D eigenvalue weighted by molar-refractivity contribution is -0.155. The molecular formula is C30H37ClN2O5S. The van der Waals surface area contributed by atoms with Crippen LogP contribution in [0.15, 0.2) is 48.6 Å². The Kier molecular flexibility index (Phi) is 7.92. The van der Waals surface area contributed by atoms with Crippen molar-refractivity contribution in [2.24, 2.45) is 17.8 Å². The first-order chi connectivity index (χ1) is 18.7. The number of halogens is 1. The van der Waals surface area contributed by atoms with Crippen LogP contribution in [0, 0.1) is 17.8 Å². The van der Waals surface area contributed by atoms with Crippen molar-refractivity contribution in [2.75, 3.05) is 24.7 Å². The van der Waals surface area contributed by atoms with E-state index in [1.54, 1.807) is 21.9 Å². The number of esters is 1. The number of hydrogen-bond acceptors (Lipinski definition) is 6. The predicted octanol–water partition coefficient (Wildman–Crippen LogP) is 4.62. The van der Waals surface area contributed by atoms with Gasteiger partial charge >= 0.3 is 5.97 Å². The number of rotatable bonds is 5. The minimum absolute atomic E-state index is 0.0594. The second-order valence-corrected chi connectivity index (χ2v) is 13.4. The second kappa shape index (κ2) is 10.9. The van der Waals surface area contributed by atoms with Gasteiger partial charge in [0.1, 0.15) is 6.04 Å². The van der Waals surface area contributed by atoms with Gasteiger partial charge in [0.05, 0.1) is 46.5 Å². The monoisotopic (exact) mass is 572 g/mol. The molecule has 210 valence electrons. The molecule has 4 aliphatic rings. The quantitative estimate of drug-likeness (QED) is 0.409. The summed E-state index contributed by atoms with van der Waals surface area (Å²) in [5.41, 5.74) is 0.568. The van der Waals surface area contributed by atoms with Crippen molar-refractivity contribution in [1.29, 1.82) is 0 Å². The molecule has 2 fully saturated rings. The third-order valence-electron chi connectivity index (χ3n) is 8.93. The van der Waals surface area contributed by atoms with Crippen LogP contribution in [-0.2, 0) is 19.1 Å². The molecule has 1 spiro atoms. The lowest BCUT2D eigenvalue weighted by Crippen LogP contribution is -2.58. The van der Waals surface area contributed by atoms with Gasteiger partial charge in [0.25, 0.3) is 5.91 Å². The number of allylic oxidation sites excluding steroid dienone is 1. The molecule has 1 aromatic carbocycles. The van der Waals surface area contributed by atoms with E-state index in [-0.39, 0.29) is 30.9 Å². The molecule has 9 heteroatoms. The summed E-state index contributed by atoms with van der Waals surface area (Å²) in [5.74, 6) is -2.57. The first kappa shape index (κ1) is 28.2. The summed E-state index contributed by atoms with van der Waals surface area (Å²) in [6.07, 6.45) is 11.3. The van der Waals surface area contributed by atoms with Crippen LogP contribution in [0.4, 0.5) is 5.69 Å². The summed E-state index contributed by atoms with van der Waals surface area (Å²) in [6.45, 7) is 6.29. The van der Waals surface area contributed by atoms with E-state index < -0.39 is 39.4 Å². The third-order valence-corrected chi connectivity index (χ3v) is 11.0. The maximum absolute atomic E-state index is 14.6. The van der Waals surface area contributed by atoms with Gasteiger partial charge in [-0.2, -0.15) is 0 Å². The van der Waals surface area contributed by atoms with Gasteiger partial charge in [-0.25, -0.2) is 0 Å². The predicted molar refractivity (Wildman–Crippen MR) is 154 cm³/mol. The number of fused-ring (bicyclic) bond motifs is 2. The van der Waals surface area contributed by atoms with Gasteiger partial charge in [-0.15, -0.1) is 11.8 Å². The Balaban J connectivity index is 1.70. The van der Waals surface area contributed by atoms with Gasteiger partial charge in [-0.1, -0.05) is 68.3 Å². The molecule has 4 aliphatic heterocycles. The van der Waals surface area contributed by atoms with Crippen LogP contribution < -0.4 is 4.90 Å². The fourth-order valence-corrected chi connectivity index (χ4v) is 9.17. The molecule has 0 radical (unpaired) electrons. The van der Waals surface area contributed by atoms with Gasteiger partial charge in [0, 0.05) is 11.3 Å². The van der Waals surface area contributed by atoms with Crippen molar-refractivity contribution in [3.63, 3.8) is 0 Å². The summed E-state index contributed by atoms with van der Waals surface area (Å²) >= 11 is 8.07. The highest BCUT2D eigenvalue weighted by atomic mass is 35.5. The molecule has 1 N–H and O–H groups in total. The number of thioether (sulfide) groups is 1. The fraction of sp³-hybridized carbons (Fsp3) is 0.567. The number of anilines is 1. The number of ether oxygens (including phenoxy) is 1. The Bertz CT molecular complexity index is 1210. The smallest absolute Gasteiger partial charge is 0.311 e. The van der Waals surface area contributed by atoms with E-state index in [9.17, 15) is 19.5 Å². The van der Waals surface area contributed by atoms with E-state index in [1.165, 1.54) is 11.8 Å². The van der Waals surface area contributed by atoms with Crippen molar-refractivity contribution in [3.05, 3.63) is 53.6 Å². The number of carbonyl (C=O) groups is 3. The van der Waals surface area contributed by atoms with Crippen molar-refractivity contribution in [3.8, 4) is 0 Å². The molecule has 4 heterocycles. The van der Waals surface area contributed by atoms with E-state index in [2.05, 4.69) is 6.08 Å². The van der Waals surface area contributed by atoms with Crippen LogP contribution in [0.1, 0.15) is 46.5 Å². The maximum atomic E-state index is 14.6. The molecule has 0 saturated carbocycles. The average Bonchev–Trinajstić information content (AvgIpc) is 3.24. The summed E-state index contributed by atoms with van der Waals surface area (Å²) in [5, 5.41) is 11.0. The number of aliphatic hydroxyl groups is 1. The number of cyclic esters (lactones) is 1. The number of benzene rings is 1. The van der Waals surface area contributed by atoms with Gasteiger partial charge in [-0.05, 0) is 44.2 Å². The van der Waals surface area contributed by atoms with E-state index in [1.807, 2.05) is 51.1 Å². The van der Waals surface area contributed by atoms with Crippen LogP contribution in [0.25, 0.3) is 0 Å². The molecule has 7 nitrogen and oxygen atoms in total. The highest BCUT2D eigenvalue weighted by molar-refractivity contribution is 8.02. The minimum atomic E-state index is -1.01. The summed E-state index contributed by atoms with van der Waals surface area (Å²) in [4.78, 5) is 46.1. The van der Waals surface area contributed by atoms with Crippen LogP contribution in [-0.4, -0.2) is 69.1 Å². The first-order valence-electron chi connectivity index (χ1n) is 13.9. The normalized spacial score (nSPS) is 35.0. The van der Waals surface area contributed by atoms with Gasteiger partial charge in [-0.3, -0.25) is 14.4 Å². The van der Waals surface area contributed by atoms with Crippen LogP contribution >= 0.6 is 23.4 Å². The minimum Gasteiger partial charge on any atom is -0.465 e. The first-order valence-corrected chi connectivity index (χ1v) is 15.1. The van der Waals surface area contributed by atoms with Crippen LogP contribution in [0.2, 0.25) is 5.02 Å². The summed E-state index contributed by atoms with van der Waals surface area (Å²) in [6, 6.07) is 5.69. The number of nitrogens with zero attached hydrogens (tertiary/aromatic N) is 2. The molecule has 1 aromatic rings. The molecule has 39 heavy (non-hydrogen) atoms. The fourth-order valence-electron chi connectivity index (χ4n) is 6.80. The molecular weight excluding hydrogens is 536 g/mol. The largest absolute Gasteiger partial charge is 0.465 e. The lowest BCUT2D eigenvalue weighted by atomic mass is 9.74. The Labute approximate surface area is 239 Å². The topological polar surface area (TPSA) is 87.2 Å². The second-order valence-electron chi connectivity index (χ2n) is 11.2. The summed E-state index contributed by atoms with van der Waals surface area (Å²) < 4.78 is 3.99. The Hall–Kier alpha value is -2.29.